The zero-order chi connectivity index (χ0) is 28.3. The fourth-order valence-electron chi connectivity index (χ4n) is 4.01. The lowest BCUT2D eigenvalue weighted by Crippen LogP contribution is -2.48. The minimum Gasteiger partial charge on any atom is -0.544 e. The van der Waals surface area contributed by atoms with Crippen molar-refractivity contribution in [2.24, 2.45) is 5.10 Å². The van der Waals surface area contributed by atoms with Gasteiger partial charge in [-0.3, -0.25) is 13.8 Å². The predicted octanol–water partition coefficient (Wildman–Crippen LogP) is 7.49. The van der Waals surface area contributed by atoms with Crippen molar-refractivity contribution in [3.8, 4) is 17.0 Å². The van der Waals surface area contributed by atoms with Crippen molar-refractivity contribution in [1.82, 2.24) is 14.1 Å². The van der Waals surface area contributed by atoms with E-state index in [1.54, 1.807) is 10.9 Å². The molecule has 0 bridgehead atoms. The summed E-state index contributed by atoms with van der Waals surface area (Å²) in [5, 5.41) is 9.75. The topological polar surface area (TPSA) is 59.7 Å². The number of aromatic nitrogens is 2. The van der Waals surface area contributed by atoms with Crippen LogP contribution >= 0.6 is 0 Å². The van der Waals surface area contributed by atoms with Gasteiger partial charge in [-0.05, 0) is 83.0 Å². The van der Waals surface area contributed by atoms with Crippen LogP contribution in [-0.4, -0.2) is 51.0 Å². The molecule has 6 nitrogen and oxygen atoms in total. The molecule has 1 amide bonds. The highest BCUT2D eigenvalue weighted by Crippen LogP contribution is 2.28. The maximum atomic E-state index is 14.2. The van der Waals surface area contributed by atoms with E-state index in [0.29, 0.717) is 12.1 Å². The maximum absolute atomic E-state index is 14.2. The first kappa shape index (κ1) is 29.5. The largest absolute Gasteiger partial charge is 0.544 e. The summed E-state index contributed by atoms with van der Waals surface area (Å²) in [7, 11) is -6.11. The first-order chi connectivity index (χ1) is 17.6. The molecule has 0 N–H and O–H groups in total. The van der Waals surface area contributed by atoms with Crippen LogP contribution in [0.1, 0.15) is 21.6 Å². The molecule has 0 unspecified atom stereocenters. The molecule has 0 saturated carbocycles. The second-order valence-corrected chi connectivity index (χ2v) is 26.4. The van der Waals surface area contributed by atoms with Gasteiger partial charge in [0.15, 0.2) is 16.5 Å². The Morgan fingerprint density at radius 1 is 1.00 bits per heavy atom. The van der Waals surface area contributed by atoms with Crippen LogP contribution < -0.4 is 4.43 Å². The molecular weight excluding hydrogens is 521 g/mol. The third kappa shape index (κ3) is 7.30. The lowest BCUT2D eigenvalue weighted by Gasteiger charge is -2.31. The summed E-state index contributed by atoms with van der Waals surface area (Å²) in [6, 6.07) is 18.0. The Morgan fingerprint density at radius 2 is 1.66 bits per heavy atom. The molecule has 0 fully saturated rings. The van der Waals surface area contributed by atoms with Gasteiger partial charge in [-0.1, -0.05) is 48.5 Å². The van der Waals surface area contributed by atoms with Gasteiger partial charge in [0, 0.05) is 11.1 Å². The van der Waals surface area contributed by atoms with Crippen molar-refractivity contribution in [3.05, 3.63) is 84.1 Å². The Hall–Kier alpha value is -3.02. The summed E-state index contributed by atoms with van der Waals surface area (Å²) in [5.41, 5.74) is 4.32. The van der Waals surface area contributed by atoms with Crippen LogP contribution in [0.25, 0.3) is 11.3 Å². The quantitative estimate of drug-likeness (QED) is 0.111. The second-order valence-electron chi connectivity index (χ2n) is 12.4. The summed E-state index contributed by atoms with van der Waals surface area (Å²) < 4.78 is 10.2. The van der Waals surface area contributed by atoms with E-state index >= 15 is 0 Å². The summed E-state index contributed by atoms with van der Waals surface area (Å²) in [4.78, 5) is 14.2. The van der Waals surface area contributed by atoms with Crippen molar-refractivity contribution >= 4 is 36.9 Å². The number of para-hydroxylation sites is 1. The molecule has 3 rings (SSSR count). The van der Waals surface area contributed by atoms with Crippen LogP contribution in [0, 0.1) is 0 Å². The lowest BCUT2D eigenvalue weighted by molar-refractivity contribution is 0.0846. The van der Waals surface area contributed by atoms with Crippen molar-refractivity contribution < 1.29 is 9.22 Å². The van der Waals surface area contributed by atoms with Gasteiger partial charge in [0.1, 0.15) is 11.4 Å². The number of hydrogen-bond acceptors (Lipinski definition) is 4. The average molecular weight is 563 g/mol. The molecule has 0 radical (unpaired) electrons. The number of hydrogen-bond donors (Lipinski definition) is 0. The number of hydrazone groups is 1. The first-order valence-corrected chi connectivity index (χ1v) is 23.4. The molecule has 1 heterocycles. The van der Waals surface area contributed by atoms with Gasteiger partial charge < -0.3 is 4.43 Å². The molecule has 202 valence electrons. The molecule has 2 aromatic carbocycles. The van der Waals surface area contributed by atoms with Crippen LogP contribution in [0.4, 0.5) is 0 Å². The number of nitrogens with zero attached hydrogens (tertiary/aromatic N) is 4. The molecule has 0 atom stereocenters. The van der Waals surface area contributed by atoms with E-state index in [1.807, 2.05) is 59.0 Å². The van der Waals surface area contributed by atoms with Gasteiger partial charge in [-0.25, -0.2) is 0 Å². The fraction of sp³-hybridized carbons (Fsp3) is 0.345. The van der Waals surface area contributed by atoms with E-state index in [1.165, 1.54) is 0 Å². The second kappa shape index (κ2) is 11.4. The Labute approximate surface area is 231 Å². The van der Waals surface area contributed by atoms with Crippen molar-refractivity contribution in [2.75, 3.05) is 0 Å². The SMILES string of the molecule is C=CCc1cccc(/C=N/N(C(=O)c2cc(-c3ccccc3)nn2[Si](C)(C)C)[Si](C)(C)C)c1O[Si](C)(C)C. The van der Waals surface area contributed by atoms with Gasteiger partial charge >= 0.3 is 0 Å². The molecular formula is C29H42N4O2Si3. The van der Waals surface area contributed by atoms with E-state index in [2.05, 4.69) is 71.6 Å². The highest BCUT2D eigenvalue weighted by molar-refractivity contribution is 6.76. The number of amides is 1. The van der Waals surface area contributed by atoms with Crippen LogP contribution in [0.15, 0.2) is 72.4 Å². The number of carbonyl (C=O) groups is 1. The van der Waals surface area contributed by atoms with Crippen LogP contribution in [0.3, 0.4) is 0 Å². The Balaban J connectivity index is 2.10. The Kier molecular flexibility index (Phi) is 8.85. The van der Waals surface area contributed by atoms with Gasteiger partial charge in [-0.2, -0.15) is 10.2 Å². The van der Waals surface area contributed by atoms with Gasteiger partial charge in [0.2, 0.25) is 8.32 Å². The van der Waals surface area contributed by atoms with Gasteiger partial charge in [0.05, 0.1) is 11.9 Å². The predicted molar refractivity (Wildman–Crippen MR) is 168 cm³/mol. The molecule has 38 heavy (non-hydrogen) atoms. The van der Waals surface area contributed by atoms with Crippen molar-refractivity contribution in [3.63, 3.8) is 0 Å². The number of allylic oxidation sites excluding steroid dienone is 1. The summed E-state index contributed by atoms with van der Waals surface area (Å²) in [6.45, 7) is 23.4. The maximum Gasteiger partial charge on any atom is 0.283 e. The van der Waals surface area contributed by atoms with Crippen molar-refractivity contribution in [1.29, 1.82) is 0 Å². The fourth-order valence-corrected chi connectivity index (χ4v) is 7.29. The van der Waals surface area contributed by atoms with E-state index in [9.17, 15) is 4.79 Å². The molecule has 0 aliphatic heterocycles. The molecule has 0 aliphatic carbocycles. The zero-order valence-corrected chi connectivity index (χ0v) is 27.4. The van der Waals surface area contributed by atoms with E-state index in [4.69, 9.17) is 14.6 Å². The normalized spacial score (nSPS) is 12.6. The van der Waals surface area contributed by atoms with Gasteiger partial charge in [0.25, 0.3) is 5.91 Å². The molecule has 0 saturated heterocycles. The number of benzene rings is 2. The summed E-state index contributed by atoms with van der Waals surface area (Å²) in [6.07, 6.45) is 4.37. The van der Waals surface area contributed by atoms with Crippen LogP contribution in [-0.2, 0) is 6.42 Å². The van der Waals surface area contributed by atoms with Crippen LogP contribution in [0.2, 0.25) is 58.9 Å². The smallest absolute Gasteiger partial charge is 0.283 e. The first-order valence-electron chi connectivity index (χ1n) is 13.1. The minimum absolute atomic E-state index is 0.118. The van der Waals surface area contributed by atoms with E-state index < -0.39 is 24.8 Å². The minimum atomic E-state index is -2.22. The van der Waals surface area contributed by atoms with E-state index in [-0.39, 0.29) is 5.91 Å². The zero-order valence-electron chi connectivity index (χ0n) is 24.4. The molecule has 1 aromatic heterocycles. The lowest BCUT2D eigenvalue weighted by atomic mass is 10.1. The third-order valence-corrected chi connectivity index (χ3v) is 9.69. The average Bonchev–Trinajstić information content (AvgIpc) is 3.26. The number of rotatable bonds is 10. The van der Waals surface area contributed by atoms with Gasteiger partial charge in [-0.15, -0.1) is 6.58 Å². The van der Waals surface area contributed by atoms with Crippen molar-refractivity contribution in [2.45, 2.75) is 65.3 Å². The van der Waals surface area contributed by atoms with Crippen LogP contribution in [0.5, 0.6) is 5.75 Å². The highest BCUT2D eigenvalue weighted by Gasteiger charge is 2.34. The molecule has 0 aliphatic rings. The standard InChI is InChI=1S/C29H42N4O2Si3/c1-11-16-24-19-15-20-25(28(24)35-38(8,9)10)22-30-33(37(5,6)7)29(34)27-21-26(23-17-13-12-14-18-23)31-32(27)36(2,3)4/h11-15,17-22H,1,16H2,2-10H3/b30-22+. The highest BCUT2D eigenvalue weighted by atomic mass is 28.4. The Bertz CT molecular complexity index is 1310. The Morgan fingerprint density at radius 3 is 2.21 bits per heavy atom. The third-order valence-electron chi connectivity index (χ3n) is 5.67. The molecule has 3 aromatic rings. The summed E-state index contributed by atoms with van der Waals surface area (Å²) in [5.74, 6) is 0.712. The van der Waals surface area contributed by atoms with E-state index in [0.717, 1.165) is 28.1 Å². The molecule has 0 spiro atoms. The monoisotopic (exact) mass is 562 g/mol. The summed E-state index contributed by atoms with van der Waals surface area (Å²) >= 11 is 0. The molecule has 9 heteroatoms. The number of carbonyl (C=O) groups excluding carboxylic acids is 1.